The van der Waals surface area contributed by atoms with Gasteiger partial charge in [0.2, 0.25) is 0 Å². The first-order chi connectivity index (χ1) is 11.7. The van der Waals surface area contributed by atoms with E-state index in [1.165, 1.54) is 0 Å². The van der Waals surface area contributed by atoms with Gasteiger partial charge in [-0.05, 0) is 37.1 Å². The number of hydrogen-bond donors (Lipinski definition) is 0. The van der Waals surface area contributed by atoms with Crippen molar-refractivity contribution in [3.8, 4) is 11.5 Å². The lowest BCUT2D eigenvalue weighted by Gasteiger charge is -1.94. The Bertz CT molecular complexity index is 578. The summed E-state index contributed by atoms with van der Waals surface area (Å²) in [7, 11) is -4.39. The van der Waals surface area contributed by atoms with Crippen LogP contribution < -0.4 is 9.05 Å². The van der Waals surface area contributed by atoms with Gasteiger partial charge in [0.25, 0.3) is 0 Å². The molecule has 6 nitrogen and oxygen atoms in total. The molecule has 0 aliphatic rings. The molecule has 0 N–H and O–H groups in total. The van der Waals surface area contributed by atoms with E-state index in [2.05, 4.69) is 0 Å². The van der Waals surface area contributed by atoms with Gasteiger partial charge < -0.3 is 0 Å². The minimum atomic E-state index is -2.20. The molecule has 2 unspecified atom stereocenters. The summed E-state index contributed by atoms with van der Waals surface area (Å²) in [6.07, 6.45) is 1.21. The maximum Gasteiger partial charge on any atom is 0.750 e. The molecule has 0 amide bonds. The molecule has 0 aliphatic carbocycles. The number of hydrogen-bond acceptors (Lipinski definition) is 6. The van der Waals surface area contributed by atoms with Gasteiger partial charge in [0.15, 0.2) is 11.5 Å². The number of unbranched alkanes of at least 4 members (excludes halogenated alkanes) is 1. The Labute approximate surface area is 142 Å². The monoisotopic (exact) mass is 368 g/mol. The van der Waals surface area contributed by atoms with Crippen molar-refractivity contribution in [1.29, 1.82) is 0 Å². The predicted octanol–water partition coefficient (Wildman–Crippen LogP) is 5.27. The van der Waals surface area contributed by atoms with Crippen LogP contribution >= 0.6 is 16.5 Å². The first-order valence-electron chi connectivity index (χ1n) is 7.40. The molecule has 2 aromatic carbocycles. The fourth-order valence-electron chi connectivity index (χ4n) is 1.67. The van der Waals surface area contributed by atoms with Gasteiger partial charge in [0, 0.05) is 9.13 Å². The van der Waals surface area contributed by atoms with E-state index in [1.807, 2.05) is 12.1 Å². The highest BCUT2D eigenvalue weighted by molar-refractivity contribution is 7.34. The van der Waals surface area contributed by atoms with Gasteiger partial charge in [0.1, 0.15) is 13.2 Å². The van der Waals surface area contributed by atoms with E-state index in [1.54, 1.807) is 48.5 Å². The minimum Gasteiger partial charge on any atom is -0.229 e. The van der Waals surface area contributed by atoms with Crippen LogP contribution in [0, 0.1) is 0 Å². The quantitative estimate of drug-likeness (QED) is 0.397. The van der Waals surface area contributed by atoms with Crippen molar-refractivity contribution in [1.82, 2.24) is 0 Å². The molecular weight excluding hydrogens is 350 g/mol. The second-order valence-electron chi connectivity index (χ2n) is 4.63. The lowest BCUT2D eigenvalue weighted by molar-refractivity contribution is 0.246. The second kappa shape index (κ2) is 10.8. The Hall–Kier alpha value is -1.84. The number of benzene rings is 2. The Morgan fingerprint density at radius 3 is 1.38 bits per heavy atom. The van der Waals surface area contributed by atoms with E-state index in [4.69, 9.17) is 18.1 Å². The third-order valence-electron chi connectivity index (χ3n) is 2.78. The van der Waals surface area contributed by atoms with Crippen LogP contribution in [0.2, 0.25) is 0 Å². The van der Waals surface area contributed by atoms with E-state index in [9.17, 15) is 9.13 Å². The van der Waals surface area contributed by atoms with Crippen molar-refractivity contribution >= 4 is 16.5 Å². The Kier molecular flexibility index (Phi) is 8.36. The van der Waals surface area contributed by atoms with Crippen molar-refractivity contribution in [2.45, 2.75) is 12.8 Å². The van der Waals surface area contributed by atoms with Gasteiger partial charge in [-0.3, -0.25) is 0 Å². The molecule has 2 rings (SSSR count). The molecular formula is C16H18O6P2+2. The van der Waals surface area contributed by atoms with Crippen molar-refractivity contribution in [2.24, 2.45) is 0 Å². The summed E-state index contributed by atoms with van der Waals surface area (Å²) in [6, 6.07) is 17.6. The van der Waals surface area contributed by atoms with E-state index in [0.717, 1.165) is 0 Å². The van der Waals surface area contributed by atoms with Gasteiger partial charge in [-0.25, -0.2) is 9.05 Å². The molecule has 8 heteroatoms. The normalized spacial score (nSPS) is 11.7. The molecule has 24 heavy (non-hydrogen) atoms. The average Bonchev–Trinajstić information content (AvgIpc) is 2.60. The lowest BCUT2D eigenvalue weighted by atomic mass is 10.3. The van der Waals surface area contributed by atoms with Crippen molar-refractivity contribution in [2.75, 3.05) is 13.2 Å². The summed E-state index contributed by atoms with van der Waals surface area (Å²) < 4.78 is 43.5. The molecule has 0 bridgehead atoms. The van der Waals surface area contributed by atoms with Crippen molar-refractivity contribution < 1.29 is 27.2 Å². The molecule has 0 saturated heterocycles. The van der Waals surface area contributed by atoms with Crippen LogP contribution in [0.25, 0.3) is 0 Å². The first kappa shape index (κ1) is 18.5. The van der Waals surface area contributed by atoms with E-state index in [-0.39, 0.29) is 13.2 Å². The predicted molar refractivity (Wildman–Crippen MR) is 90.5 cm³/mol. The Balaban J connectivity index is 1.50. The first-order valence-corrected chi connectivity index (χ1v) is 9.59. The summed E-state index contributed by atoms with van der Waals surface area (Å²) in [6.45, 7) is 0.531. The molecule has 0 aliphatic heterocycles. The lowest BCUT2D eigenvalue weighted by Crippen LogP contribution is -1.95. The van der Waals surface area contributed by atoms with Gasteiger partial charge >= 0.3 is 16.5 Å². The number of rotatable bonds is 11. The molecule has 0 heterocycles. The highest BCUT2D eigenvalue weighted by Crippen LogP contribution is 2.29. The van der Waals surface area contributed by atoms with Gasteiger partial charge in [-0.15, -0.1) is 9.05 Å². The van der Waals surface area contributed by atoms with Crippen LogP contribution in [0.15, 0.2) is 60.7 Å². The summed E-state index contributed by atoms with van der Waals surface area (Å²) >= 11 is 0. The largest absolute Gasteiger partial charge is 0.750 e. The SMILES string of the molecule is O=[P+](OCCCCO[P+](=O)Oc1ccccc1)Oc1ccccc1. The Morgan fingerprint density at radius 1 is 0.625 bits per heavy atom. The fourth-order valence-corrected chi connectivity index (χ4v) is 2.92. The molecule has 0 saturated carbocycles. The Morgan fingerprint density at radius 2 is 1.00 bits per heavy atom. The maximum atomic E-state index is 11.6. The van der Waals surface area contributed by atoms with E-state index >= 15 is 0 Å². The van der Waals surface area contributed by atoms with Crippen molar-refractivity contribution in [3.05, 3.63) is 60.7 Å². The average molecular weight is 368 g/mol. The molecule has 2 aromatic rings. The van der Waals surface area contributed by atoms with Gasteiger partial charge in [-0.2, -0.15) is 0 Å². The standard InChI is InChI=1S/C16H18O6P2/c17-23(21-15-9-3-1-4-10-15)19-13-7-8-14-20-24(18)22-16-11-5-2-6-12-16/h1-6,9-12H,7-8,13-14H2/q+2. The zero-order chi connectivity index (χ0) is 17.0. The molecule has 0 spiro atoms. The summed E-state index contributed by atoms with van der Waals surface area (Å²) in [5, 5.41) is 0. The molecule has 126 valence electrons. The van der Waals surface area contributed by atoms with Crippen molar-refractivity contribution in [3.63, 3.8) is 0 Å². The third-order valence-corrected chi connectivity index (χ3v) is 4.28. The molecule has 0 radical (unpaired) electrons. The minimum absolute atomic E-state index is 0.266. The van der Waals surface area contributed by atoms with Crippen LogP contribution in [-0.2, 0) is 18.2 Å². The molecule has 0 aromatic heterocycles. The molecule has 2 atom stereocenters. The smallest absolute Gasteiger partial charge is 0.229 e. The second-order valence-corrected chi connectivity index (χ2v) is 6.41. The zero-order valence-corrected chi connectivity index (χ0v) is 14.7. The summed E-state index contributed by atoms with van der Waals surface area (Å²) in [4.78, 5) is 0. The highest BCUT2D eigenvalue weighted by atomic mass is 31.1. The summed E-state index contributed by atoms with van der Waals surface area (Å²) in [5.74, 6) is 0.994. The maximum absolute atomic E-state index is 11.6. The zero-order valence-electron chi connectivity index (χ0n) is 12.9. The van der Waals surface area contributed by atoms with Gasteiger partial charge in [-0.1, -0.05) is 36.4 Å². The van der Waals surface area contributed by atoms with Crippen LogP contribution in [0.1, 0.15) is 12.8 Å². The topological polar surface area (TPSA) is 71.1 Å². The fraction of sp³-hybridized carbons (Fsp3) is 0.250. The molecule has 0 fully saturated rings. The highest BCUT2D eigenvalue weighted by Gasteiger charge is 2.23. The van der Waals surface area contributed by atoms with Crippen LogP contribution in [-0.4, -0.2) is 13.2 Å². The third kappa shape index (κ3) is 7.62. The van der Waals surface area contributed by atoms with E-state index in [0.29, 0.717) is 24.3 Å². The summed E-state index contributed by atoms with van der Waals surface area (Å²) in [5.41, 5.74) is 0. The van der Waals surface area contributed by atoms with Crippen LogP contribution in [0.4, 0.5) is 0 Å². The van der Waals surface area contributed by atoms with E-state index < -0.39 is 16.5 Å². The van der Waals surface area contributed by atoms with Crippen LogP contribution in [0.5, 0.6) is 11.5 Å². The van der Waals surface area contributed by atoms with Gasteiger partial charge in [0.05, 0.1) is 0 Å². The van der Waals surface area contributed by atoms with Crippen LogP contribution in [0.3, 0.4) is 0 Å². The number of para-hydroxylation sites is 2.